The van der Waals surface area contributed by atoms with Crippen LogP contribution in [0.15, 0.2) is 48.5 Å². The van der Waals surface area contributed by atoms with Crippen molar-refractivity contribution in [3.8, 4) is 5.75 Å². The second-order valence-corrected chi connectivity index (χ2v) is 9.34. The van der Waals surface area contributed by atoms with Crippen molar-refractivity contribution >= 4 is 30.5 Å². The van der Waals surface area contributed by atoms with Gasteiger partial charge in [-0.25, -0.2) is 0 Å². The predicted octanol–water partition coefficient (Wildman–Crippen LogP) is 6.23. The molecule has 0 unspecified atom stereocenters. The standard InChI is InChI=1S/C26H35F3N2O2.2ClH/c1-20(2)33-24-10-8-23(9-11-24)30(3)17-13-25(32)14-18-31(19-15-25)16-12-21-4-6-22(7-5-21)26(27,28)29;;/h4-11,20,32H,12-19H2,1-3H3;2*1H. The van der Waals surface area contributed by atoms with E-state index in [2.05, 4.69) is 9.80 Å². The van der Waals surface area contributed by atoms with Gasteiger partial charge in [-0.2, -0.15) is 13.2 Å². The maximum atomic E-state index is 12.7. The zero-order valence-electron chi connectivity index (χ0n) is 20.6. The number of piperidine rings is 1. The predicted molar refractivity (Wildman–Crippen MR) is 140 cm³/mol. The Morgan fingerprint density at radius 1 is 1.00 bits per heavy atom. The Hall–Kier alpha value is -1.67. The molecule has 2 aromatic rings. The van der Waals surface area contributed by atoms with E-state index in [0.29, 0.717) is 25.7 Å². The third-order valence-electron chi connectivity index (χ3n) is 6.35. The summed E-state index contributed by atoms with van der Waals surface area (Å²) in [6.45, 7) is 7.13. The van der Waals surface area contributed by atoms with Crippen LogP contribution in [0.25, 0.3) is 0 Å². The maximum absolute atomic E-state index is 12.7. The van der Waals surface area contributed by atoms with E-state index in [-0.39, 0.29) is 30.9 Å². The second-order valence-electron chi connectivity index (χ2n) is 9.34. The molecule has 35 heavy (non-hydrogen) atoms. The van der Waals surface area contributed by atoms with Crippen LogP contribution in [0.2, 0.25) is 0 Å². The maximum Gasteiger partial charge on any atom is 0.416 e. The van der Waals surface area contributed by atoms with E-state index in [1.165, 1.54) is 0 Å². The first kappa shape index (κ1) is 31.4. The summed E-state index contributed by atoms with van der Waals surface area (Å²) in [6.07, 6.45) is -1.35. The Kier molecular flexibility index (Phi) is 12.2. The van der Waals surface area contributed by atoms with Crippen LogP contribution < -0.4 is 9.64 Å². The van der Waals surface area contributed by atoms with E-state index >= 15 is 0 Å². The molecule has 0 saturated carbocycles. The van der Waals surface area contributed by atoms with Crippen molar-refractivity contribution < 1.29 is 23.0 Å². The van der Waals surface area contributed by atoms with Gasteiger partial charge in [-0.05, 0) is 81.5 Å². The molecular weight excluding hydrogens is 500 g/mol. The average Bonchev–Trinajstić information content (AvgIpc) is 2.77. The number of ether oxygens (including phenoxy) is 1. The minimum Gasteiger partial charge on any atom is -0.491 e. The van der Waals surface area contributed by atoms with Crippen molar-refractivity contribution in [3.05, 3.63) is 59.7 Å². The molecule has 0 aliphatic carbocycles. The van der Waals surface area contributed by atoms with Crippen LogP contribution in [0.3, 0.4) is 0 Å². The second kappa shape index (κ2) is 13.6. The summed E-state index contributed by atoms with van der Waals surface area (Å²) in [5.74, 6) is 0.851. The van der Waals surface area contributed by atoms with Crippen LogP contribution in [-0.4, -0.2) is 54.9 Å². The number of hydrogen-bond acceptors (Lipinski definition) is 4. The summed E-state index contributed by atoms with van der Waals surface area (Å²) in [7, 11) is 2.03. The largest absolute Gasteiger partial charge is 0.491 e. The Balaban J connectivity index is 0.00000306. The number of aliphatic hydroxyl groups is 1. The summed E-state index contributed by atoms with van der Waals surface area (Å²) >= 11 is 0. The third-order valence-corrected chi connectivity index (χ3v) is 6.35. The summed E-state index contributed by atoms with van der Waals surface area (Å²) in [5.41, 5.74) is 0.692. The number of halogens is 5. The van der Waals surface area contributed by atoms with E-state index in [0.717, 1.165) is 55.3 Å². The van der Waals surface area contributed by atoms with E-state index in [9.17, 15) is 18.3 Å². The van der Waals surface area contributed by atoms with Crippen LogP contribution in [0.4, 0.5) is 18.9 Å². The van der Waals surface area contributed by atoms with Gasteiger partial charge in [0.15, 0.2) is 0 Å². The third kappa shape index (κ3) is 9.71. The lowest BCUT2D eigenvalue weighted by Crippen LogP contribution is -2.46. The van der Waals surface area contributed by atoms with Crippen molar-refractivity contribution in [1.82, 2.24) is 4.90 Å². The van der Waals surface area contributed by atoms with Gasteiger partial charge in [-0.1, -0.05) is 12.1 Å². The fourth-order valence-corrected chi connectivity index (χ4v) is 4.15. The lowest BCUT2D eigenvalue weighted by atomic mass is 9.88. The molecule has 9 heteroatoms. The van der Waals surface area contributed by atoms with Crippen molar-refractivity contribution in [2.24, 2.45) is 0 Å². The summed E-state index contributed by atoms with van der Waals surface area (Å²) < 4.78 is 43.8. The van der Waals surface area contributed by atoms with Crippen molar-refractivity contribution in [1.29, 1.82) is 0 Å². The Morgan fingerprint density at radius 2 is 1.57 bits per heavy atom. The van der Waals surface area contributed by atoms with Gasteiger partial charge in [0.05, 0.1) is 17.3 Å². The molecule has 1 fully saturated rings. The van der Waals surface area contributed by atoms with E-state index < -0.39 is 17.3 Å². The molecule has 0 aromatic heterocycles. The number of anilines is 1. The molecule has 1 aliphatic heterocycles. The summed E-state index contributed by atoms with van der Waals surface area (Å²) in [4.78, 5) is 4.43. The van der Waals surface area contributed by atoms with E-state index in [1.807, 2.05) is 45.2 Å². The lowest BCUT2D eigenvalue weighted by molar-refractivity contribution is -0.137. The van der Waals surface area contributed by atoms with Gasteiger partial charge in [0.25, 0.3) is 0 Å². The lowest BCUT2D eigenvalue weighted by Gasteiger charge is -2.39. The van der Waals surface area contributed by atoms with Gasteiger partial charge in [0, 0.05) is 38.9 Å². The van der Waals surface area contributed by atoms with Crippen LogP contribution in [-0.2, 0) is 12.6 Å². The normalized spacial score (nSPS) is 15.8. The minimum atomic E-state index is -4.30. The van der Waals surface area contributed by atoms with Gasteiger partial charge in [-0.15, -0.1) is 24.8 Å². The van der Waals surface area contributed by atoms with E-state index in [4.69, 9.17) is 4.74 Å². The molecule has 1 saturated heterocycles. The van der Waals surface area contributed by atoms with Crippen molar-refractivity contribution in [2.45, 2.75) is 57.4 Å². The summed E-state index contributed by atoms with van der Waals surface area (Å²) in [5, 5.41) is 11.0. The average molecular weight is 537 g/mol. The first-order valence-corrected chi connectivity index (χ1v) is 11.6. The molecule has 1 N–H and O–H groups in total. The topological polar surface area (TPSA) is 35.9 Å². The fraction of sp³-hybridized carbons (Fsp3) is 0.538. The molecule has 0 spiro atoms. The number of alkyl halides is 3. The SMILES string of the molecule is CC(C)Oc1ccc(N(C)CCC2(O)CCN(CCc3ccc(C(F)(F)F)cc3)CC2)cc1.Cl.Cl. The number of hydrogen-bond donors (Lipinski definition) is 1. The fourth-order valence-electron chi connectivity index (χ4n) is 4.15. The molecule has 3 rings (SSSR count). The molecule has 0 amide bonds. The van der Waals surface area contributed by atoms with Crippen LogP contribution >= 0.6 is 24.8 Å². The quantitative estimate of drug-likeness (QED) is 0.412. The van der Waals surface area contributed by atoms with E-state index in [1.54, 1.807) is 12.1 Å². The number of likely N-dealkylation sites (tertiary alicyclic amines) is 1. The van der Waals surface area contributed by atoms with Gasteiger partial charge in [0.1, 0.15) is 5.75 Å². The Labute approximate surface area is 219 Å². The molecule has 1 heterocycles. The monoisotopic (exact) mass is 536 g/mol. The van der Waals surface area contributed by atoms with Gasteiger partial charge < -0.3 is 19.6 Å². The highest BCUT2D eigenvalue weighted by atomic mass is 35.5. The highest BCUT2D eigenvalue weighted by Gasteiger charge is 2.32. The highest BCUT2D eigenvalue weighted by molar-refractivity contribution is 5.85. The molecule has 198 valence electrons. The molecule has 1 aliphatic rings. The van der Waals surface area contributed by atoms with Gasteiger partial charge in [-0.3, -0.25) is 0 Å². The molecule has 4 nitrogen and oxygen atoms in total. The highest BCUT2D eigenvalue weighted by Crippen LogP contribution is 2.30. The number of nitrogens with zero attached hydrogens (tertiary/aromatic N) is 2. The first-order valence-electron chi connectivity index (χ1n) is 11.6. The number of benzene rings is 2. The molecule has 0 radical (unpaired) electrons. The van der Waals surface area contributed by atoms with Crippen molar-refractivity contribution in [3.63, 3.8) is 0 Å². The van der Waals surface area contributed by atoms with Crippen LogP contribution in [0, 0.1) is 0 Å². The minimum absolute atomic E-state index is 0. The van der Waals surface area contributed by atoms with Crippen LogP contribution in [0.1, 0.15) is 44.2 Å². The molecule has 0 atom stereocenters. The summed E-state index contributed by atoms with van der Waals surface area (Å²) in [6, 6.07) is 13.4. The van der Waals surface area contributed by atoms with Gasteiger partial charge >= 0.3 is 6.18 Å². The Bertz CT molecular complexity index is 870. The van der Waals surface area contributed by atoms with Gasteiger partial charge in [0.2, 0.25) is 0 Å². The van der Waals surface area contributed by atoms with Crippen LogP contribution in [0.5, 0.6) is 5.75 Å². The molecule has 0 bridgehead atoms. The zero-order chi connectivity index (χ0) is 24.1. The van der Waals surface area contributed by atoms with Crippen molar-refractivity contribution in [2.75, 3.05) is 38.1 Å². The molecule has 2 aromatic carbocycles. The number of rotatable bonds is 9. The first-order chi connectivity index (χ1) is 15.5. The Morgan fingerprint density at radius 3 is 2.09 bits per heavy atom. The molecular formula is C26H37Cl2F3N2O2. The zero-order valence-corrected chi connectivity index (χ0v) is 22.2. The smallest absolute Gasteiger partial charge is 0.416 e.